The van der Waals surface area contributed by atoms with Crippen molar-refractivity contribution in [3.05, 3.63) is 24.2 Å². The van der Waals surface area contributed by atoms with Gasteiger partial charge in [-0.2, -0.15) is 0 Å². The molecular formula is C10H14BrNO2. The number of alkyl halides is 1. The molecular weight excluding hydrogens is 246 g/mol. The highest BCUT2D eigenvalue weighted by atomic mass is 79.9. The number of nitrogens with one attached hydrogen (secondary N) is 1. The molecule has 0 saturated carbocycles. The first-order valence-corrected chi connectivity index (χ1v) is 5.53. The topological polar surface area (TPSA) is 42.2 Å². The number of carbonyl (C=O) groups is 1. The van der Waals surface area contributed by atoms with Crippen LogP contribution in [0.2, 0.25) is 0 Å². The molecule has 1 rings (SSSR count). The van der Waals surface area contributed by atoms with Crippen molar-refractivity contribution in [2.45, 2.75) is 24.6 Å². The number of hydrogen-bond acceptors (Lipinski definition) is 2. The van der Waals surface area contributed by atoms with Crippen molar-refractivity contribution >= 4 is 21.8 Å². The maximum absolute atomic E-state index is 11.3. The van der Waals surface area contributed by atoms with Gasteiger partial charge in [-0.15, -0.1) is 0 Å². The van der Waals surface area contributed by atoms with Crippen molar-refractivity contribution in [2.75, 3.05) is 6.54 Å². The molecule has 1 atom stereocenters. The van der Waals surface area contributed by atoms with E-state index in [2.05, 4.69) is 21.2 Å². The van der Waals surface area contributed by atoms with E-state index in [0.717, 1.165) is 5.76 Å². The molecule has 1 aromatic heterocycles. The van der Waals surface area contributed by atoms with Gasteiger partial charge >= 0.3 is 0 Å². The Labute approximate surface area is 92.0 Å². The Kier molecular flexibility index (Phi) is 4.73. The summed E-state index contributed by atoms with van der Waals surface area (Å²) < 4.78 is 5.12. The number of carbonyl (C=O) groups excluding carboxylic acids is 1. The van der Waals surface area contributed by atoms with Gasteiger partial charge in [0.15, 0.2) is 0 Å². The lowest BCUT2D eigenvalue weighted by molar-refractivity contribution is -0.121. The van der Waals surface area contributed by atoms with Gasteiger partial charge in [-0.25, -0.2) is 0 Å². The van der Waals surface area contributed by atoms with E-state index >= 15 is 0 Å². The fourth-order valence-electron chi connectivity index (χ4n) is 1.03. The molecule has 0 spiro atoms. The molecule has 0 radical (unpaired) electrons. The van der Waals surface area contributed by atoms with Crippen molar-refractivity contribution in [1.29, 1.82) is 0 Å². The third kappa shape index (κ3) is 4.46. The summed E-state index contributed by atoms with van der Waals surface area (Å²) in [5.41, 5.74) is 0. The highest BCUT2D eigenvalue weighted by Gasteiger charge is 2.04. The van der Waals surface area contributed by atoms with Gasteiger partial charge in [-0.05, 0) is 12.1 Å². The second kappa shape index (κ2) is 5.86. The van der Waals surface area contributed by atoms with Crippen molar-refractivity contribution in [2.24, 2.45) is 0 Å². The van der Waals surface area contributed by atoms with Gasteiger partial charge < -0.3 is 9.73 Å². The maximum Gasteiger partial charge on any atom is 0.220 e. The molecule has 1 unspecified atom stereocenters. The lowest BCUT2D eigenvalue weighted by Gasteiger charge is -2.05. The number of rotatable bonds is 5. The van der Waals surface area contributed by atoms with E-state index in [4.69, 9.17) is 4.42 Å². The van der Waals surface area contributed by atoms with Gasteiger partial charge in [0.1, 0.15) is 5.76 Å². The maximum atomic E-state index is 11.3. The standard InChI is InChI=1S/C10H14BrNO2/c1-8(11)7-12-10(13)5-4-9-3-2-6-14-9/h2-3,6,8H,4-5,7H2,1H3,(H,12,13). The molecule has 0 aliphatic heterocycles. The Morgan fingerprint density at radius 1 is 1.71 bits per heavy atom. The molecule has 78 valence electrons. The second-order valence-corrected chi connectivity index (χ2v) is 4.73. The second-order valence-electron chi connectivity index (χ2n) is 3.16. The molecule has 1 amide bonds. The van der Waals surface area contributed by atoms with Crippen LogP contribution < -0.4 is 5.32 Å². The molecule has 0 bridgehead atoms. The zero-order valence-corrected chi connectivity index (χ0v) is 9.71. The molecule has 3 nitrogen and oxygen atoms in total. The quantitative estimate of drug-likeness (QED) is 0.824. The molecule has 4 heteroatoms. The molecule has 0 saturated heterocycles. The lowest BCUT2D eigenvalue weighted by atomic mass is 10.2. The summed E-state index contributed by atoms with van der Waals surface area (Å²) in [4.78, 5) is 11.6. The monoisotopic (exact) mass is 259 g/mol. The number of halogens is 1. The molecule has 0 fully saturated rings. The lowest BCUT2D eigenvalue weighted by Crippen LogP contribution is -2.28. The highest BCUT2D eigenvalue weighted by molar-refractivity contribution is 9.09. The SMILES string of the molecule is CC(Br)CNC(=O)CCc1ccco1. The minimum absolute atomic E-state index is 0.0627. The van der Waals surface area contributed by atoms with Crippen LogP contribution in [0.25, 0.3) is 0 Å². The van der Waals surface area contributed by atoms with Crippen molar-refractivity contribution in [3.63, 3.8) is 0 Å². The summed E-state index contributed by atoms with van der Waals surface area (Å²) >= 11 is 3.36. The van der Waals surface area contributed by atoms with E-state index < -0.39 is 0 Å². The smallest absolute Gasteiger partial charge is 0.220 e. The number of furan rings is 1. The van der Waals surface area contributed by atoms with Crippen LogP contribution in [0.1, 0.15) is 19.1 Å². The first kappa shape index (κ1) is 11.3. The van der Waals surface area contributed by atoms with E-state index in [-0.39, 0.29) is 5.91 Å². The Balaban J connectivity index is 2.15. The van der Waals surface area contributed by atoms with Gasteiger partial charge in [-0.1, -0.05) is 22.9 Å². The number of amides is 1. The fourth-order valence-corrected chi connectivity index (χ4v) is 1.20. The summed E-state index contributed by atoms with van der Waals surface area (Å²) in [6.45, 7) is 2.66. The average molecular weight is 260 g/mol. The predicted molar refractivity (Wildman–Crippen MR) is 58.4 cm³/mol. The zero-order chi connectivity index (χ0) is 10.4. The molecule has 0 aromatic carbocycles. The number of hydrogen-bond donors (Lipinski definition) is 1. The summed E-state index contributed by atoms with van der Waals surface area (Å²) in [7, 11) is 0. The van der Waals surface area contributed by atoms with Crippen LogP contribution in [-0.2, 0) is 11.2 Å². The van der Waals surface area contributed by atoms with Gasteiger partial charge in [0.25, 0.3) is 0 Å². The average Bonchev–Trinajstić information content (AvgIpc) is 2.63. The van der Waals surface area contributed by atoms with Crippen LogP contribution in [0.5, 0.6) is 0 Å². The molecule has 1 heterocycles. The third-order valence-corrected chi connectivity index (χ3v) is 2.08. The predicted octanol–water partition coefficient (Wildman–Crippen LogP) is 2.11. The van der Waals surface area contributed by atoms with Crippen LogP contribution in [0.4, 0.5) is 0 Å². The summed E-state index contributed by atoms with van der Waals surface area (Å²) in [5, 5.41) is 2.82. The Morgan fingerprint density at radius 3 is 3.07 bits per heavy atom. The van der Waals surface area contributed by atoms with Crippen molar-refractivity contribution in [3.8, 4) is 0 Å². The Bertz CT molecular complexity index is 270. The van der Waals surface area contributed by atoms with Crippen LogP contribution in [0.3, 0.4) is 0 Å². The van der Waals surface area contributed by atoms with Crippen LogP contribution in [-0.4, -0.2) is 17.3 Å². The highest BCUT2D eigenvalue weighted by Crippen LogP contribution is 2.03. The van der Waals surface area contributed by atoms with Crippen LogP contribution in [0.15, 0.2) is 22.8 Å². The molecule has 1 N–H and O–H groups in total. The molecule has 1 aromatic rings. The Hall–Kier alpha value is -0.770. The van der Waals surface area contributed by atoms with Crippen molar-refractivity contribution in [1.82, 2.24) is 5.32 Å². The molecule has 0 aliphatic rings. The summed E-state index contributed by atoms with van der Waals surface area (Å²) in [6, 6.07) is 3.70. The van der Waals surface area contributed by atoms with E-state index in [1.807, 2.05) is 19.1 Å². The van der Waals surface area contributed by atoms with Gasteiger partial charge in [0.05, 0.1) is 6.26 Å². The van der Waals surface area contributed by atoms with Crippen LogP contribution >= 0.6 is 15.9 Å². The van der Waals surface area contributed by atoms with Crippen LogP contribution in [0, 0.1) is 0 Å². The van der Waals surface area contributed by atoms with Gasteiger partial charge in [0.2, 0.25) is 5.91 Å². The molecule has 14 heavy (non-hydrogen) atoms. The normalized spacial score (nSPS) is 12.4. The summed E-state index contributed by atoms with van der Waals surface area (Å²) in [5.74, 6) is 0.916. The van der Waals surface area contributed by atoms with E-state index in [1.54, 1.807) is 6.26 Å². The first-order valence-electron chi connectivity index (χ1n) is 4.61. The fraction of sp³-hybridized carbons (Fsp3) is 0.500. The Morgan fingerprint density at radius 2 is 2.50 bits per heavy atom. The zero-order valence-electron chi connectivity index (χ0n) is 8.13. The van der Waals surface area contributed by atoms with Gasteiger partial charge in [0, 0.05) is 24.2 Å². The van der Waals surface area contributed by atoms with E-state index in [0.29, 0.717) is 24.2 Å². The van der Waals surface area contributed by atoms with Crippen molar-refractivity contribution < 1.29 is 9.21 Å². The minimum atomic E-state index is 0.0627. The van der Waals surface area contributed by atoms with Gasteiger partial charge in [-0.3, -0.25) is 4.79 Å². The first-order chi connectivity index (χ1) is 6.68. The van der Waals surface area contributed by atoms with E-state index in [9.17, 15) is 4.79 Å². The summed E-state index contributed by atoms with van der Waals surface area (Å²) in [6.07, 6.45) is 2.76. The number of aryl methyl sites for hydroxylation is 1. The van der Waals surface area contributed by atoms with E-state index in [1.165, 1.54) is 0 Å². The largest absolute Gasteiger partial charge is 0.469 e. The minimum Gasteiger partial charge on any atom is -0.469 e. The third-order valence-electron chi connectivity index (χ3n) is 1.76. The molecule has 0 aliphatic carbocycles.